The average molecular weight is 529 g/mol. The first-order valence-corrected chi connectivity index (χ1v) is 13.5. The Bertz CT molecular complexity index is 1390. The van der Waals surface area contributed by atoms with E-state index >= 15 is 0 Å². The zero-order valence-electron chi connectivity index (χ0n) is 19.7. The molecular formula is C26H26ClFN4O3S. The number of amides is 3. The molecule has 6 rings (SSSR count). The third kappa shape index (κ3) is 4.18. The fraction of sp³-hybridized carbons (Fsp3) is 0.423. The maximum Gasteiger partial charge on any atom is 0.320 e. The van der Waals surface area contributed by atoms with E-state index in [0.29, 0.717) is 16.3 Å². The predicted molar refractivity (Wildman–Crippen MR) is 137 cm³/mol. The number of carbonyl (C=O) groups is 2. The molecule has 2 aliphatic carbocycles. The smallest absolute Gasteiger partial charge is 0.320 e. The summed E-state index contributed by atoms with van der Waals surface area (Å²) in [5.41, 5.74) is 0.604. The number of ether oxygens (including phenoxy) is 1. The largest absolute Gasteiger partial charge is 0.488 e. The highest BCUT2D eigenvalue weighted by molar-refractivity contribution is 7.18. The van der Waals surface area contributed by atoms with Gasteiger partial charge in [-0.3, -0.25) is 4.79 Å². The first-order valence-electron chi connectivity index (χ1n) is 12.3. The van der Waals surface area contributed by atoms with Crippen molar-refractivity contribution in [3.8, 4) is 5.75 Å². The van der Waals surface area contributed by atoms with Crippen LogP contribution in [0.25, 0.3) is 10.2 Å². The Balaban J connectivity index is 1.27. The molecule has 0 spiro atoms. The Morgan fingerprint density at radius 2 is 2.03 bits per heavy atom. The van der Waals surface area contributed by atoms with Crippen molar-refractivity contribution in [3.63, 3.8) is 0 Å². The van der Waals surface area contributed by atoms with Crippen LogP contribution in [-0.4, -0.2) is 23.0 Å². The van der Waals surface area contributed by atoms with Gasteiger partial charge in [0.05, 0.1) is 22.0 Å². The highest BCUT2D eigenvalue weighted by Gasteiger charge is 2.46. The summed E-state index contributed by atoms with van der Waals surface area (Å²) in [6, 6.07) is 6.11. The molecule has 0 saturated heterocycles. The average Bonchev–Trinajstić information content (AvgIpc) is 3.21. The number of anilines is 1. The molecule has 1 aromatic heterocycles. The van der Waals surface area contributed by atoms with E-state index in [4.69, 9.17) is 21.3 Å². The number of carbonyl (C=O) groups excluding carboxylic acids is 2. The molecule has 3 aliphatic rings. The first-order chi connectivity index (χ1) is 17.3. The van der Waals surface area contributed by atoms with Crippen molar-refractivity contribution in [2.75, 3.05) is 5.32 Å². The number of nitrogens with one attached hydrogen (secondary N) is 3. The SMILES string of the molecule is C[C@@](NC(=O)Nc1ccc2c(c1F)CNC2=O)(c1nc2c(OC3CCCC3)cc(Cl)cc2s1)C1CC1. The second-order valence-corrected chi connectivity index (χ2v) is 11.5. The summed E-state index contributed by atoms with van der Waals surface area (Å²) in [5, 5.41) is 9.65. The molecule has 188 valence electrons. The van der Waals surface area contributed by atoms with Crippen molar-refractivity contribution in [1.82, 2.24) is 15.6 Å². The van der Waals surface area contributed by atoms with Crippen molar-refractivity contribution in [1.29, 1.82) is 0 Å². The van der Waals surface area contributed by atoms with Gasteiger partial charge >= 0.3 is 6.03 Å². The lowest BCUT2D eigenvalue weighted by atomic mass is 9.97. The van der Waals surface area contributed by atoms with Crippen LogP contribution in [0, 0.1) is 11.7 Å². The Hall–Kier alpha value is -2.91. The summed E-state index contributed by atoms with van der Waals surface area (Å²) in [6.07, 6.45) is 6.45. The topological polar surface area (TPSA) is 92.4 Å². The van der Waals surface area contributed by atoms with E-state index in [1.54, 1.807) is 0 Å². The lowest BCUT2D eigenvalue weighted by Gasteiger charge is -2.29. The Labute approximate surface area is 216 Å². The van der Waals surface area contributed by atoms with Crippen LogP contribution in [-0.2, 0) is 12.1 Å². The van der Waals surface area contributed by atoms with Crippen LogP contribution >= 0.6 is 22.9 Å². The van der Waals surface area contributed by atoms with Gasteiger partial charge in [-0.15, -0.1) is 11.3 Å². The van der Waals surface area contributed by atoms with Gasteiger partial charge in [0.15, 0.2) is 5.82 Å². The number of halogens is 2. The summed E-state index contributed by atoms with van der Waals surface area (Å²) in [4.78, 5) is 29.8. The molecule has 2 aromatic carbocycles. The fourth-order valence-electron chi connectivity index (χ4n) is 5.21. The van der Waals surface area contributed by atoms with Crippen LogP contribution in [0.1, 0.15) is 66.4 Å². The number of hydrogen-bond acceptors (Lipinski definition) is 5. The van der Waals surface area contributed by atoms with Gasteiger partial charge in [-0.25, -0.2) is 14.2 Å². The summed E-state index contributed by atoms with van der Waals surface area (Å²) in [5.74, 6) is -0.0195. The van der Waals surface area contributed by atoms with Gasteiger partial charge in [-0.1, -0.05) is 11.6 Å². The third-order valence-electron chi connectivity index (χ3n) is 7.39. The van der Waals surface area contributed by atoms with Gasteiger partial charge < -0.3 is 20.7 Å². The van der Waals surface area contributed by atoms with Crippen LogP contribution in [0.2, 0.25) is 5.02 Å². The molecule has 1 aliphatic heterocycles. The van der Waals surface area contributed by atoms with Crippen molar-refractivity contribution in [2.24, 2.45) is 5.92 Å². The minimum absolute atomic E-state index is 0.0317. The monoisotopic (exact) mass is 528 g/mol. The molecule has 2 saturated carbocycles. The molecule has 3 N–H and O–H groups in total. The van der Waals surface area contributed by atoms with E-state index in [1.165, 1.54) is 23.5 Å². The molecule has 10 heteroatoms. The quantitative estimate of drug-likeness (QED) is 0.360. The minimum atomic E-state index is -0.740. The van der Waals surface area contributed by atoms with Crippen LogP contribution in [0.15, 0.2) is 24.3 Å². The van der Waals surface area contributed by atoms with Crippen LogP contribution in [0.5, 0.6) is 5.75 Å². The normalized spacial score (nSPS) is 19.1. The molecule has 36 heavy (non-hydrogen) atoms. The number of urea groups is 1. The number of rotatable bonds is 6. The fourth-order valence-corrected chi connectivity index (χ4v) is 6.69. The van der Waals surface area contributed by atoms with E-state index in [2.05, 4.69) is 16.0 Å². The second kappa shape index (κ2) is 8.88. The highest BCUT2D eigenvalue weighted by Crippen LogP contribution is 2.48. The van der Waals surface area contributed by atoms with Crippen molar-refractivity contribution < 1.29 is 18.7 Å². The zero-order valence-corrected chi connectivity index (χ0v) is 21.3. The van der Waals surface area contributed by atoms with Gasteiger partial charge in [-0.2, -0.15) is 0 Å². The van der Waals surface area contributed by atoms with Crippen LogP contribution < -0.4 is 20.7 Å². The maximum atomic E-state index is 15.0. The molecule has 1 atom stereocenters. The summed E-state index contributed by atoms with van der Waals surface area (Å²) < 4.78 is 22.1. The Morgan fingerprint density at radius 3 is 2.78 bits per heavy atom. The second-order valence-electron chi connectivity index (χ2n) is 9.99. The predicted octanol–water partition coefficient (Wildman–Crippen LogP) is 6.10. The van der Waals surface area contributed by atoms with Gasteiger partial charge in [0, 0.05) is 28.8 Å². The maximum absolute atomic E-state index is 15.0. The van der Waals surface area contributed by atoms with Crippen molar-refractivity contribution >= 4 is 50.8 Å². The summed E-state index contributed by atoms with van der Waals surface area (Å²) in [6.45, 7) is 2.07. The molecule has 0 unspecified atom stereocenters. The van der Waals surface area contributed by atoms with E-state index < -0.39 is 17.4 Å². The Morgan fingerprint density at radius 1 is 1.25 bits per heavy atom. The number of hydrogen-bond donors (Lipinski definition) is 3. The molecular weight excluding hydrogens is 503 g/mol. The van der Waals surface area contributed by atoms with Gasteiger partial charge in [-0.05, 0) is 69.6 Å². The lowest BCUT2D eigenvalue weighted by Crippen LogP contribution is -2.47. The number of fused-ring (bicyclic) bond motifs is 2. The lowest BCUT2D eigenvalue weighted by molar-refractivity contribution is 0.0965. The van der Waals surface area contributed by atoms with E-state index in [-0.39, 0.29) is 35.7 Å². The summed E-state index contributed by atoms with van der Waals surface area (Å²) in [7, 11) is 0. The van der Waals surface area contributed by atoms with Crippen LogP contribution in [0.4, 0.5) is 14.9 Å². The molecule has 0 radical (unpaired) electrons. The highest BCUT2D eigenvalue weighted by atomic mass is 35.5. The third-order valence-corrected chi connectivity index (χ3v) is 8.85. The number of benzene rings is 2. The minimum Gasteiger partial charge on any atom is -0.488 e. The summed E-state index contributed by atoms with van der Waals surface area (Å²) >= 11 is 7.89. The van der Waals surface area contributed by atoms with Crippen molar-refractivity contribution in [3.05, 3.63) is 51.2 Å². The van der Waals surface area contributed by atoms with Gasteiger partial charge in [0.25, 0.3) is 5.91 Å². The molecule has 2 fully saturated rings. The van der Waals surface area contributed by atoms with E-state index in [0.717, 1.165) is 53.7 Å². The zero-order chi connectivity index (χ0) is 25.0. The van der Waals surface area contributed by atoms with Gasteiger partial charge in [0.2, 0.25) is 0 Å². The van der Waals surface area contributed by atoms with Gasteiger partial charge in [0.1, 0.15) is 16.3 Å². The van der Waals surface area contributed by atoms with E-state index in [1.807, 2.05) is 19.1 Å². The molecule has 0 bridgehead atoms. The Kier molecular flexibility index (Phi) is 5.80. The molecule has 3 aromatic rings. The first kappa shape index (κ1) is 23.5. The number of thiazole rings is 1. The molecule has 3 amide bonds. The number of nitrogens with zero attached hydrogens (tertiary/aromatic N) is 1. The standard InChI is InChI=1S/C26H26ClFN4O3S/c1-26(13-6-7-13,32-25(34)30-18-9-8-16-17(21(18)28)12-29-23(16)33)24-31-22-19(35-15-4-2-3-5-15)10-14(27)11-20(22)36-24/h8-11,13,15H,2-7,12H2,1H3,(H,29,33)(H2,30,32,34)/t26-/m0/s1. The number of aromatic nitrogens is 1. The van der Waals surface area contributed by atoms with Crippen LogP contribution in [0.3, 0.4) is 0 Å². The molecule has 2 heterocycles. The molecule has 7 nitrogen and oxygen atoms in total. The van der Waals surface area contributed by atoms with Crippen molar-refractivity contribution in [2.45, 2.75) is 63.6 Å². The van der Waals surface area contributed by atoms with E-state index in [9.17, 15) is 14.0 Å².